The van der Waals surface area contributed by atoms with Gasteiger partial charge in [0.05, 0.1) is 5.92 Å². The van der Waals surface area contributed by atoms with Crippen molar-refractivity contribution in [2.45, 2.75) is 52.1 Å². The van der Waals surface area contributed by atoms with Crippen molar-refractivity contribution in [1.29, 1.82) is 0 Å². The average Bonchev–Trinajstić information content (AvgIpc) is 2.23. The zero-order valence-corrected chi connectivity index (χ0v) is 10.5. The Labute approximate surface area is 104 Å². The predicted octanol–water partition coefficient (Wildman–Crippen LogP) is 3.31. The number of aliphatic carboxylic acids is 2. The van der Waals surface area contributed by atoms with Crippen LogP contribution >= 0.6 is 0 Å². The molecule has 1 atom stereocenters. The van der Waals surface area contributed by atoms with E-state index in [9.17, 15) is 18.0 Å². The molecule has 4 nitrogen and oxygen atoms in total. The smallest absolute Gasteiger partial charge is 0.481 e. The molecule has 0 amide bonds. The minimum Gasteiger partial charge on any atom is -0.481 e. The molecule has 0 saturated heterocycles. The van der Waals surface area contributed by atoms with Crippen LogP contribution in [0.15, 0.2) is 0 Å². The first-order valence-corrected chi connectivity index (χ1v) is 5.65. The van der Waals surface area contributed by atoms with Gasteiger partial charge in [-0.3, -0.25) is 4.79 Å². The highest BCUT2D eigenvalue weighted by Crippen LogP contribution is 2.13. The van der Waals surface area contributed by atoms with Gasteiger partial charge in [0.15, 0.2) is 0 Å². The summed E-state index contributed by atoms with van der Waals surface area (Å²) in [6.45, 7) is 3.93. The van der Waals surface area contributed by atoms with Crippen LogP contribution in [0.25, 0.3) is 0 Å². The SMILES string of the molecule is CCCCCCC(C)C(=O)O.O=C(O)C(F)(F)F. The maximum atomic E-state index is 10.6. The highest BCUT2D eigenvalue weighted by atomic mass is 19.4. The average molecular weight is 272 g/mol. The molecule has 0 aliphatic carbocycles. The van der Waals surface area contributed by atoms with Crippen molar-refractivity contribution < 1.29 is 33.0 Å². The summed E-state index contributed by atoms with van der Waals surface area (Å²) >= 11 is 0. The molecule has 0 rings (SSSR count). The molecule has 0 aliphatic heterocycles. The summed E-state index contributed by atoms with van der Waals surface area (Å²) < 4.78 is 31.7. The molecule has 0 radical (unpaired) electrons. The van der Waals surface area contributed by atoms with Gasteiger partial charge in [-0.15, -0.1) is 0 Å². The summed E-state index contributed by atoms with van der Waals surface area (Å²) in [5.74, 6) is -3.58. The Morgan fingerprint density at radius 3 is 1.83 bits per heavy atom. The number of halogens is 3. The summed E-state index contributed by atoms with van der Waals surface area (Å²) in [6, 6.07) is 0. The van der Waals surface area contributed by atoms with Crippen LogP contribution in [0.1, 0.15) is 46.0 Å². The number of alkyl halides is 3. The highest BCUT2D eigenvalue weighted by Gasteiger charge is 2.38. The first kappa shape index (κ1) is 19.1. The van der Waals surface area contributed by atoms with Gasteiger partial charge < -0.3 is 10.2 Å². The molecule has 18 heavy (non-hydrogen) atoms. The fraction of sp³-hybridized carbons (Fsp3) is 0.818. The lowest BCUT2D eigenvalue weighted by atomic mass is 10.0. The Morgan fingerprint density at radius 2 is 1.56 bits per heavy atom. The summed E-state index contributed by atoms with van der Waals surface area (Å²) in [4.78, 5) is 19.3. The molecule has 0 bridgehead atoms. The van der Waals surface area contributed by atoms with Crippen LogP contribution in [0.4, 0.5) is 13.2 Å². The molecule has 0 aliphatic rings. The largest absolute Gasteiger partial charge is 0.490 e. The monoisotopic (exact) mass is 272 g/mol. The quantitative estimate of drug-likeness (QED) is 0.727. The second-order valence-electron chi connectivity index (χ2n) is 3.89. The van der Waals surface area contributed by atoms with Gasteiger partial charge in [-0.05, 0) is 6.42 Å². The van der Waals surface area contributed by atoms with Gasteiger partial charge in [0, 0.05) is 0 Å². The minimum atomic E-state index is -5.08. The summed E-state index contributed by atoms with van der Waals surface area (Å²) in [5, 5.41) is 15.7. The van der Waals surface area contributed by atoms with Crippen molar-refractivity contribution in [2.24, 2.45) is 5.92 Å². The summed E-state index contributed by atoms with van der Waals surface area (Å²) in [7, 11) is 0. The van der Waals surface area contributed by atoms with Crippen LogP contribution in [0.3, 0.4) is 0 Å². The molecule has 0 heterocycles. The summed E-state index contributed by atoms with van der Waals surface area (Å²) in [6.07, 6.45) is 0.415. The third-order valence-corrected chi connectivity index (χ3v) is 2.15. The van der Waals surface area contributed by atoms with E-state index in [-0.39, 0.29) is 5.92 Å². The number of carboxylic acid groups (broad SMARTS) is 2. The van der Waals surface area contributed by atoms with E-state index in [1.54, 1.807) is 6.92 Å². The van der Waals surface area contributed by atoms with Crippen LogP contribution in [0, 0.1) is 5.92 Å². The standard InChI is InChI=1S/C9H18O2.C2HF3O2/c1-3-4-5-6-7-8(2)9(10)11;3-2(4,5)1(6)7/h8H,3-7H2,1-2H3,(H,10,11);(H,6,7). The van der Waals surface area contributed by atoms with Gasteiger partial charge in [0.25, 0.3) is 0 Å². The Morgan fingerprint density at radius 1 is 1.11 bits per heavy atom. The van der Waals surface area contributed by atoms with Gasteiger partial charge in [-0.1, -0.05) is 39.5 Å². The number of carboxylic acids is 2. The maximum Gasteiger partial charge on any atom is 0.490 e. The Balaban J connectivity index is 0. The molecule has 0 saturated carbocycles. The van der Waals surface area contributed by atoms with Gasteiger partial charge in [0.1, 0.15) is 0 Å². The lowest BCUT2D eigenvalue weighted by molar-refractivity contribution is -0.192. The zero-order chi connectivity index (χ0) is 14.8. The van der Waals surface area contributed by atoms with Crippen LogP contribution in [-0.2, 0) is 9.59 Å². The highest BCUT2D eigenvalue weighted by molar-refractivity contribution is 5.73. The van der Waals surface area contributed by atoms with Gasteiger partial charge in [-0.25, -0.2) is 4.79 Å². The number of carbonyl (C=O) groups is 2. The normalized spacial score (nSPS) is 12.3. The molecule has 0 fully saturated rings. The fourth-order valence-corrected chi connectivity index (χ4v) is 1.00. The molecule has 0 aromatic rings. The number of rotatable bonds is 6. The first-order valence-electron chi connectivity index (χ1n) is 5.65. The van der Waals surface area contributed by atoms with Gasteiger partial charge in [0.2, 0.25) is 0 Å². The van der Waals surface area contributed by atoms with Gasteiger partial charge >= 0.3 is 18.1 Å². The predicted molar refractivity (Wildman–Crippen MR) is 59.2 cm³/mol. The molecule has 0 spiro atoms. The van der Waals surface area contributed by atoms with E-state index in [1.807, 2.05) is 0 Å². The molecular formula is C11H19F3O4. The molecule has 108 valence electrons. The van der Waals surface area contributed by atoms with Crippen LogP contribution in [0.2, 0.25) is 0 Å². The molecular weight excluding hydrogens is 253 g/mol. The van der Waals surface area contributed by atoms with E-state index in [1.165, 1.54) is 19.3 Å². The van der Waals surface area contributed by atoms with E-state index < -0.39 is 18.1 Å². The molecule has 1 unspecified atom stereocenters. The number of unbranched alkanes of at least 4 members (excludes halogenated alkanes) is 3. The fourth-order valence-electron chi connectivity index (χ4n) is 1.00. The van der Waals surface area contributed by atoms with Gasteiger partial charge in [-0.2, -0.15) is 13.2 Å². The van der Waals surface area contributed by atoms with Crippen molar-refractivity contribution in [3.05, 3.63) is 0 Å². The minimum absolute atomic E-state index is 0.160. The number of hydrogen-bond donors (Lipinski definition) is 2. The molecule has 0 aromatic carbocycles. The first-order chi connectivity index (χ1) is 8.12. The second-order valence-corrected chi connectivity index (χ2v) is 3.89. The lowest BCUT2D eigenvalue weighted by Gasteiger charge is -2.04. The topological polar surface area (TPSA) is 74.6 Å². The Bertz CT molecular complexity index is 251. The summed E-state index contributed by atoms with van der Waals surface area (Å²) in [5.41, 5.74) is 0. The van der Waals surface area contributed by atoms with Crippen molar-refractivity contribution in [3.8, 4) is 0 Å². The third kappa shape index (κ3) is 12.8. The molecule has 7 heteroatoms. The van der Waals surface area contributed by atoms with E-state index >= 15 is 0 Å². The van der Waals surface area contributed by atoms with Crippen molar-refractivity contribution in [2.75, 3.05) is 0 Å². The third-order valence-electron chi connectivity index (χ3n) is 2.15. The van der Waals surface area contributed by atoms with E-state index in [2.05, 4.69) is 6.92 Å². The van der Waals surface area contributed by atoms with Crippen LogP contribution in [-0.4, -0.2) is 28.3 Å². The van der Waals surface area contributed by atoms with E-state index in [0.717, 1.165) is 12.8 Å². The van der Waals surface area contributed by atoms with Crippen LogP contribution < -0.4 is 0 Å². The maximum absolute atomic E-state index is 10.6. The van der Waals surface area contributed by atoms with Crippen molar-refractivity contribution in [1.82, 2.24) is 0 Å². The van der Waals surface area contributed by atoms with E-state index in [0.29, 0.717) is 0 Å². The van der Waals surface area contributed by atoms with Crippen LogP contribution in [0.5, 0.6) is 0 Å². The molecule has 0 aromatic heterocycles. The number of hydrogen-bond acceptors (Lipinski definition) is 2. The Kier molecular flexibility index (Phi) is 10.3. The van der Waals surface area contributed by atoms with E-state index in [4.69, 9.17) is 15.0 Å². The Hall–Kier alpha value is -1.27. The lowest BCUT2D eigenvalue weighted by Crippen LogP contribution is -2.21. The molecule has 2 N–H and O–H groups in total. The zero-order valence-electron chi connectivity index (χ0n) is 10.5. The van der Waals surface area contributed by atoms with Crippen molar-refractivity contribution in [3.63, 3.8) is 0 Å². The second kappa shape index (κ2) is 9.73. The van der Waals surface area contributed by atoms with Crippen molar-refractivity contribution >= 4 is 11.9 Å².